The zero-order valence-corrected chi connectivity index (χ0v) is 19.0. The normalized spacial score (nSPS) is 13.6. The Morgan fingerprint density at radius 2 is 1.58 bits per heavy atom. The van der Waals surface area contributed by atoms with Gasteiger partial charge in [-0.15, -0.1) is 0 Å². The molecule has 0 spiro atoms. The van der Waals surface area contributed by atoms with Gasteiger partial charge < -0.3 is 10.1 Å². The molecule has 9 heteroatoms. The van der Waals surface area contributed by atoms with Crippen LogP contribution in [0.4, 0.5) is 10.5 Å². The fourth-order valence-electron chi connectivity index (χ4n) is 3.34. The van der Waals surface area contributed by atoms with Gasteiger partial charge in [-0.1, -0.05) is 12.1 Å². The van der Waals surface area contributed by atoms with Gasteiger partial charge in [-0.3, -0.25) is 19.7 Å². The summed E-state index contributed by atoms with van der Waals surface area (Å²) in [6, 6.07) is 8.60. The number of anilines is 1. The van der Waals surface area contributed by atoms with Crippen molar-refractivity contribution in [3.8, 4) is 0 Å². The lowest BCUT2D eigenvalue weighted by Crippen LogP contribution is -2.46. The number of nitrogens with zero attached hydrogens (tertiary/aromatic N) is 1. The zero-order valence-electron chi connectivity index (χ0n) is 19.0. The van der Waals surface area contributed by atoms with Crippen molar-refractivity contribution in [3.05, 3.63) is 64.2 Å². The third-order valence-corrected chi connectivity index (χ3v) is 5.04. The van der Waals surface area contributed by atoms with Crippen LogP contribution in [0.1, 0.15) is 63.0 Å². The van der Waals surface area contributed by atoms with Crippen LogP contribution in [0.5, 0.6) is 0 Å². The molecule has 0 bridgehead atoms. The van der Waals surface area contributed by atoms with Crippen LogP contribution >= 0.6 is 0 Å². The maximum Gasteiger partial charge on any atom is 0.338 e. The number of carbonyl (C=O) groups excluding carboxylic acids is 5. The van der Waals surface area contributed by atoms with Crippen molar-refractivity contribution in [3.63, 3.8) is 0 Å². The van der Waals surface area contributed by atoms with Crippen molar-refractivity contribution in [2.24, 2.45) is 0 Å². The topological polar surface area (TPSA) is 122 Å². The second kappa shape index (κ2) is 9.23. The van der Waals surface area contributed by atoms with E-state index in [0.29, 0.717) is 5.69 Å². The smallest absolute Gasteiger partial charge is 0.338 e. The van der Waals surface area contributed by atoms with E-state index >= 15 is 0 Å². The Hall–Kier alpha value is -4.01. The van der Waals surface area contributed by atoms with Crippen LogP contribution in [0.25, 0.3) is 0 Å². The summed E-state index contributed by atoms with van der Waals surface area (Å²) >= 11 is 0. The first-order valence-corrected chi connectivity index (χ1v) is 10.4. The molecule has 3 rings (SSSR count). The number of hydrogen-bond donors (Lipinski definition) is 2. The van der Waals surface area contributed by atoms with Crippen LogP contribution in [0, 0.1) is 13.8 Å². The van der Waals surface area contributed by atoms with Gasteiger partial charge in [-0.2, -0.15) is 0 Å². The van der Waals surface area contributed by atoms with Crippen molar-refractivity contribution in [1.29, 1.82) is 0 Å². The van der Waals surface area contributed by atoms with Crippen molar-refractivity contribution >= 4 is 35.4 Å². The molecule has 0 aromatic heterocycles. The highest BCUT2D eigenvalue weighted by Crippen LogP contribution is 2.32. The number of urea groups is 1. The molecule has 0 aliphatic carbocycles. The fourth-order valence-corrected chi connectivity index (χ4v) is 3.34. The zero-order chi connectivity index (χ0) is 24.4. The predicted molar refractivity (Wildman–Crippen MR) is 120 cm³/mol. The molecule has 2 aromatic rings. The van der Waals surface area contributed by atoms with Crippen LogP contribution in [0.15, 0.2) is 36.4 Å². The highest BCUT2D eigenvalue weighted by Gasteiger charge is 2.38. The molecule has 172 valence electrons. The molecule has 2 N–H and O–H groups in total. The van der Waals surface area contributed by atoms with Crippen LogP contribution < -0.4 is 15.5 Å². The van der Waals surface area contributed by atoms with Crippen molar-refractivity contribution in [2.75, 3.05) is 4.90 Å². The second-order valence-corrected chi connectivity index (χ2v) is 8.16. The van der Waals surface area contributed by atoms with E-state index in [4.69, 9.17) is 4.74 Å². The molecule has 0 fully saturated rings. The number of hydrogen-bond acceptors (Lipinski definition) is 6. The van der Waals surface area contributed by atoms with Gasteiger partial charge >= 0.3 is 12.0 Å². The highest BCUT2D eigenvalue weighted by atomic mass is 16.5. The summed E-state index contributed by atoms with van der Waals surface area (Å²) in [6.45, 7) is 8.44. The number of esters is 1. The molecular weight excluding hydrogens is 426 g/mol. The Morgan fingerprint density at radius 3 is 2.24 bits per heavy atom. The third-order valence-electron chi connectivity index (χ3n) is 5.04. The number of ether oxygens (including phenoxy) is 1. The minimum absolute atomic E-state index is 0.00370. The lowest BCUT2D eigenvalue weighted by atomic mass is 10.1. The van der Waals surface area contributed by atoms with Gasteiger partial charge in [-0.25, -0.2) is 14.5 Å². The van der Waals surface area contributed by atoms with Crippen LogP contribution in [0.2, 0.25) is 0 Å². The number of carbonyl (C=O) groups is 5. The average Bonchev–Trinajstić information content (AvgIpc) is 2.98. The van der Waals surface area contributed by atoms with E-state index in [2.05, 4.69) is 10.6 Å². The molecule has 1 atom stereocenters. The van der Waals surface area contributed by atoms with Crippen molar-refractivity contribution in [1.82, 2.24) is 10.6 Å². The summed E-state index contributed by atoms with van der Waals surface area (Å²) in [7, 11) is 0. The molecule has 2 aromatic carbocycles. The third kappa shape index (κ3) is 4.92. The number of rotatable bonds is 5. The van der Waals surface area contributed by atoms with Crippen LogP contribution in [-0.2, 0) is 9.53 Å². The minimum Gasteiger partial charge on any atom is -0.449 e. The van der Waals surface area contributed by atoms with Gasteiger partial charge in [0.05, 0.1) is 22.4 Å². The van der Waals surface area contributed by atoms with Crippen LogP contribution in [-0.4, -0.2) is 41.9 Å². The molecule has 1 heterocycles. The molecule has 1 aliphatic rings. The molecule has 5 amide bonds. The van der Waals surface area contributed by atoms with E-state index in [0.717, 1.165) is 16.0 Å². The van der Waals surface area contributed by atoms with Crippen LogP contribution in [0.3, 0.4) is 0 Å². The monoisotopic (exact) mass is 451 g/mol. The maximum absolute atomic E-state index is 13.0. The van der Waals surface area contributed by atoms with E-state index in [1.54, 1.807) is 26.8 Å². The number of benzene rings is 2. The molecule has 0 saturated carbocycles. The van der Waals surface area contributed by atoms with Gasteiger partial charge in [0.1, 0.15) is 0 Å². The fraction of sp³-hybridized carbons (Fsp3) is 0.292. The average molecular weight is 451 g/mol. The summed E-state index contributed by atoms with van der Waals surface area (Å²) in [5.74, 6) is -2.69. The van der Waals surface area contributed by atoms with Crippen molar-refractivity contribution < 1.29 is 28.7 Å². The molecule has 33 heavy (non-hydrogen) atoms. The molecule has 1 aliphatic heterocycles. The Morgan fingerprint density at radius 1 is 0.909 bits per heavy atom. The molecule has 0 saturated heterocycles. The summed E-state index contributed by atoms with van der Waals surface area (Å²) in [5, 5.41) is 4.57. The SMILES string of the molecule is Cc1ccc(C)c(N2C(=O)c3ccc(C(=O)O[C@H](C)C(=O)NC(=O)NC(C)C)cc3C2=O)c1. The minimum atomic E-state index is -1.26. The van der Waals surface area contributed by atoms with E-state index < -0.39 is 35.8 Å². The Balaban J connectivity index is 1.77. The molecule has 0 unspecified atom stereocenters. The molecule has 0 radical (unpaired) electrons. The maximum atomic E-state index is 13.0. The number of nitrogens with one attached hydrogen (secondary N) is 2. The Bertz CT molecular complexity index is 1170. The first-order chi connectivity index (χ1) is 15.5. The Labute approximate surface area is 191 Å². The van der Waals surface area contributed by atoms with E-state index in [-0.39, 0.29) is 22.7 Å². The predicted octanol–water partition coefficient (Wildman–Crippen LogP) is 2.88. The second-order valence-electron chi connectivity index (χ2n) is 8.16. The summed E-state index contributed by atoms with van der Waals surface area (Å²) in [5.41, 5.74) is 2.39. The highest BCUT2D eigenvalue weighted by molar-refractivity contribution is 6.35. The first kappa shape index (κ1) is 23.6. The van der Waals surface area contributed by atoms with Gasteiger partial charge in [-0.05, 0) is 70.0 Å². The summed E-state index contributed by atoms with van der Waals surface area (Å²) in [6.07, 6.45) is -1.26. The van der Waals surface area contributed by atoms with Crippen molar-refractivity contribution in [2.45, 2.75) is 46.8 Å². The molecular formula is C24H25N3O6. The Kier molecular flexibility index (Phi) is 6.62. The number of aryl methyl sites for hydroxylation is 2. The van der Waals surface area contributed by atoms with Gasteiger partial charge in [0, 0.05) is 6.04 Å². The number of imide groups is 2. The van der Waals surface area contributed by atoms with Gasteiger partial charge in [0.15, 0.2) is 6.10 Å². The standard InChI is InChI=1S/C24H25N3O6/c1-12(2)25-24(32)26-20(28)15(5)33-23(31)16-8-9-17-18(11-16)22(30)27(21(17)29)19-10-13(3)6-7-14(19)4/h6-12,15H,1-5H3,(H2,25,26,28,32)/t15-/m1/s1. The lowest BCUT2D eigenvalue weighted by molar-refractivity contribution is -0.127. The van der Waals surface area contributed by atoms with E-state index in [1.807, 2.05) is 19.1 Å². The quantitative estimate of drug-likeness (QED) is 0.533. The lowest BCUT2D eigenvalue weighted by Gasteiger charge is -2.17. The summed E-state index contributed by atoms with van der Waals surface area (Å²) < 4.78 is 5.13. The van der Waals surface area contributed by atoms with E-state index in [9.17, 15) is 24.0 Å². The first-order valence-electron chi connectivity index (χ1n) is 10.4. The molecule has 9 nitrogen and oxygen atoms in total. The van der Waals surface area contributed by atoms with Gasteiger partial charge in [0.25, 0.3) is 17.7 Å². The number of amides is 5. The van der Waals surface area contributed by atoms with E-state index in [1.165, 1.54) is 25.1 Å². The largest absolute Gasteiger partial charge is 0.449 e. The summed E-state index contributed by atoms with van der Waals surface area (Å²) in [4.78, 5) is 63.3. The number of fused-ring (bicyclic) bond motifs is 1. The van der Waals surface area contributed by atoms with Gasteiger partial charge in [0.2, 0.25) is 0 Å².